The number of carbonyl (C=O) groups is 2. The molecule has 4 N–H and O–H groups in total. The minimum absolute atomic E-state index is 0.170. The number of alkyl carbamates (subject to hydrolysis) is 2. The summed E-state index contributed by atoms with van der Waals surface area (Å²) in [5, 5.41) is 11.1. The van der Waals surface area contributed by atoms with Gasteiger partial charge in [0.2, 0.25) is 0 Å². The fourth-order valence-corrected chi connectivity index (χ4v) is 3.59. The van der Waals surface area contributed by atoms with Crippen LogP contribution in [-0.4, -0.2) is 35.6 Å². The molecular weight excluding hydrogens is 496 g/mol. The van der Waals surface area contributed by atoms with Crippen molar-refractivity contribution in [3.05, 3.63) is 72.8 Å². The van der Waals surface area contributed by atoms with Crippen molar-refractivity contribution in [1.29, 1.82) is 0 Å². The molecule has 0 atom stereocenters. The molecule has 0 fully saturated rings. The number of ether oxygens (including phenoxy) is 2. The van der Waals surface area contributed by atoms with E-state index in [1.807, 2.05) is 48.5 Å². The van der Waals surface area contributed by atoms with Gasteiger partial charge in [-0.1, -0.05) is 48.5 Å². The fourth-order valence-electron chi connectivity index (χ4n) is 3.19. The van der Waals surface area contributed by atoms with Crippen LogP contribution in [0.5, 0.6) is 0 Å². The van der Waals surface area contributed by atoms with Gasteiger partial charge in [-0.2, -0.15) is 0 Å². The Morgan fingerprint density at radius 2 is 0.861 bits per heavy atom. The van der Waals surface area contributed by atoms with Gasteiger partial charge in [0.1, 0.15) is 0 Å². The lowest BCUT2D eigenvalue weighted by Gasteiger charge is -2.11. The van der Waals surface area contributed by atoms with Crippen molar-refractivity contribution in [3.8, 4) is 22.3 Å². The minimum Gasteiger partial charge on any atom is -0.450 e. The Kier molecular flexibility index (Phi) is 9.73. The lowest BCUT2D eigenvalue weighted by Crippen LogP contribution is -2.34. The molecule has 0 aliphatic heterocycles. The van der Waals surface area contributed by atoms with Gasteiger partial charge < -0.3 is 20.1 Å². The Bertz CT molecular complexity index is 1120. The van der Waals surface area contributed by atoms with Crippen molar-refractivity contribution in [2.24, 2.45) is 0 Å². The van der Waals surface area contributed by atoms with Gasteiger partial charge in [0.15, 0.2) is 10.2 Å². The quantitative estimate of drug-likeness (QED) is 0.297. The average molecular weight is 523 g/mol. The van der Waals surface area contributed by atoms with Crippen LogP contribution < -0.4 is 21.3 Å². The van der Waals surface area contributed by atoms with Crippen molar-refractivity contribution in [2.45, 2.75) is 13.8 Å². The standard InChI is InChI=1S/C26H26N4O4S2/c1-3-33-25(31)29-23(35)27-21-13-9-19(10-14-21)17-5-7-18(8-6-17)20-11-15-22(16-12-20)28-24(36)30-26(32)34-4-2/h5-16H,3-4H2,1-2H3,(H2,27,29,31,35)(H2,28,30,32,36). The molecule has 0 saturated heterocycles. The topological polar surface area (TPSA) is 101 Å². The van der Waals surface area contributed by atoms with Crippen LogP contribution in [0.15, 0.2) is 72.8 Å². The Morgan fingerprint density at radius 1 is 0.583 bits per heavy atom. The van der Waals surface area contributed by atoms with Crippen molar-refractivity contribution in [2.75, 3.05) is 23.8 Å². The van der Waals surface area contributed by atoms with Crippen LogP contribution in [0.4, 0.5) is 21.0 Å². The first kappa shape index (κ1) is 26.6. The van der Waals surface area contributed by atoms with E-state index in [4.69, 9.17) is 33.9 Å². The third-order valence-corrected chi connectivity index (χ3v) is 5.23. The van der Waals surface area contributed by atoms with E-state index in [0.717, 1.165) is 33.6 Å². The van der Waals surface area contributed by atoms with Gasteiger partial charge in [-0.25, -0.2) is 9.59 Å². The number of benzene rings is 3. The molecule has 186 valence electrons. The van der Waals surface area contributed by atoms with Gasteiger partial charge in [0, 0.05) is 11.4 Å². The van der Waals surface area contributed by atoms with Crippen LogP contribution in [0.2, 0.25) is 0 Å². The smallest absolute Gasteiger partial charge is 0.413 e. The first-order valence-corrected chi connectivity index (χ1v) is 12.0. The number of rotatable bonds is 6. The van der Waals surface area contributed by atoms with Gasteiger partial charge in [-0.15, -0.1) is 0 Å². The summed E-state index contributed by atoms with van der Waals surface area (Å²) in [7, 11) is 0. The number of thiocarbonyl (C=S) groups is 2. The molecule has 0 saturated carbocycles. The summed E-state index contributed by atoms with van der Waals surface area (Å²) in [5.74, 6) is 0. The first-order chi connectivity index (χ1) is 17.4. The molecule has 0 aliphatic rings. The van der Waals surface area contributed by atoms with E-state index in [1.165, 1.54) is 0 Å². The highest BCUT2D eigenvalue weighted by molar-refractivity contribution is 7.80. The average Bonchev–Trinajstić information content (AvgIpc) is 2.85. The molecule has 3 aromatic carbocycles. The van der Waals surface area contributed by atoms with Crippen LogP contribution in [-0.2, 0) is 9.47 Å². The largest absolute Gasteiger partial charge is 0.450 e. The molecule has 3 rings (SSSR count). The summed E-state index contributed by atoms with van der Waals surface area (Å²) in [6.07, 6.45) is -1.18. The Hall–Kier alpha value is -4.02. The molecule has 10 heteroatoms. The van der Waals surface area contributed by atoms with Crippen LogP contribution >= 0.6 is 24.4 Å². The second-order valence-corrected chi connectivity index (χ2v) is 8.15. The molecule has 0 aliphatic carbocycles. The van der Waals surface area contributed by atoms with Gasteiger partial charge in [-0.05, 0) is 84.8 Å². The molecule has 0 bridgehead atoms. The van der Waals surface area contributed by atoms with Crippen molar-refractivity contribution in [3.63, 3.8) is 0 Å². The van der Waals surface area contributed by atoms with Gasteiger partial charge in [0.25, 0.3) is 0 Å². The molecule has 0 heterocycles. The predicted octanol–water partition coefficient (Wildman–Crippen LogP) is 5.91. The first-order valence-electron chi connectivity index (χ1n) is 11.2. The van der Waals surface area contributed by atoms with E-state index >= 15 is 0 Å². The van der Waals surface area contributed by atoms with E-state index < -0.39 is 12.2 Å². The number of hydrogen-bond donors (Lipinski definition) is 4. The SMILES string of the molecule is CCOC(=O)NC(=S)Nc1ccc(-c2ccc(-c3ccc(NC(=S)NC(=O)OCC)cc3)cc2)cc1. The summed E-state index contributed by atoms with van der Waals surface area (Å²) < 4.78 is 9.61. The molecule has 0 radical (unpaired) electrons. The Morgan fingerprint density at radius 3 is 1.14 bits per heavy atom. The highest BCUT2D eigenvalue weighted by atomic mass is 32.1. The van der Waals surface area contributed by atoms with Crippen LogP contribution in [0, 0.1) is 0 Å². The molecule has 0 spiro atoms. The van der Waals surface area contributed by atoms with Crippen LogP contribution in [0.1, 0.15) is 13.8 Å². The lowest BCUT2D eigenvalue weighted by atomic mass is 10.00. The lowest BCUT2D eigenvalue weighted by molar-refractivity contribution is 0.157. The zero-order chi connectivity index (χ0) is 25.9. The van der Waals surface area contributed by atoms with Crippen LogP contribution in [0.25, 0.3) is 22.3 Å². The maximum atomic E-state index is 11.4. The van der Waals surface area contributed by atoms with Crippen molar-refractivity contribution >= 4 is 58.2 Å². The molecule has 2 amide bonds. The number of anilines is 2. The number of nitrogens with one attached hydrogen (secondary N) is 4. The highest BCUT2D eigenvalue weighted by Crippen LogP contribution is 2.26. The third kappa shape index (κ3) is 8.03. The fraction of sp³-hybridized carbons (Fsp3) is 0.154. The Labute approximate surface area is 220 Å². The summed E-state index contributed by atoms with van der Waals surface area (Å²) in [5.41, 5.74) is 5.71. The second kappa shape index (κ2) is 13.2. The van der Waals surface area contributed by atoms with Crippen molar-refractivity contribution in [1.82, 2.24) is 10.6 Å². The van der Waals surface area contributed by atoms with E-state index in [2.05, 4.69) is 45.5 Å². The number of amides is 2. The maximum absolute atomic E-state index is 11.4. The molecule has 8 nitrogen and oxygen atoms in total. The monoisotopic (exact) mass is 522 g/mol. The van der Waals surface area contributed by atoms with Gasteiger partial charge >= 0.3 is 12.2 Å². The third-order valence-electron chi connectivity index (χ3n) is 4.82. The van der Waals surface area contributed by atoms with Gasteiger partial charge in [0.05, 0.1) is 13.2 Å². The van der Waals surface area contributed by atoms with Crippen LogP contribution in [0.3, 0.4) is 0 Å². The van der Waals surface area contributed by atoms with E-state index in [0.29, 0.717) is 0 Å². The Balaban J connectivity index is 1.58. The molecule has 0 unspecified atom stereocenters. The second-order valence-electron chi connectivity index (χ2n) is 7.33. The zero-order valence-electron chi connectivity index (χ0n) is 19.8. The van der Waals surface area contributed by atoms with E-state index in [9.17, 15) is 9.59 Å². The maximum Gasteiger partial charge on any atom is 0.413 e. The van der Waals surface area contributed by atoms with E-state index in [-0.39, 0.29) is 23.4 Å². The highest BCUT2D eigenvalue weighted by Gasteiger charge is 2.07. The zero-order valence-corrected chi connectivity index (χ0v) is 21.4. The van der Waals surface area contributed by atoms with Gasteiger partial charge in [-0.3, -0.25) is 10.6 Å². The summed E-state index contributed by atoms with van der Waals surface area (Å²) in [6, 6.07) is 23.6. The molecular formula is C26H26N4O4S2. The predicted molar refractivity (Wildman–Crippen MR) is 150 cm³/mol. The number of carbonyl (C=O) groups excluding carboxylic acids is 2. The molecule has 3 aromatic rings. The normalized spacial score (nSPS) is 10.1. The number of hydrogen-bond acceptors (Lipinski definition) is 6. The summed E-state index contributed by atoms with van der Waals surface area (Å²) in [4.78, 5) is 22.9. The molecule has 36 heavy (non-hydrogen) atoms. The van der Waals surface area contributed by atoms with E-state index in [1.54, 1.807) is 13.8 Å². The minimum atomic E-state index is -0.591. The van der Waals surface area contributed by atoms with Crippen molar-refractivity contribution < 1.29 is 19.1 Å². The molecule has 0 aromatic heterocycles. The summed E-state index contributed by atoms with van der Waals surface area (Å²) in [6.45, 7) is 3.99. The summed E-state index contributed by atoms with van der Waals surface area (Å²) >= 11 is 10.2.